The molecule has 1 aliphatic rings. The van der Waals surface area contributed by atoms with Crippen LogP contribution in [0, 0.1) is 0 Å². The zero-order valence-corrected chi connectivity index (χ0v) is 8.17. The summed E-state index contributed by atoms with van der Waals surface area (Å²) in [4.78, 5) is 21.6. The lowest BCUT2D eigenvalue weighted by molar-refractivity contribution is -0.155. The number of hydrogen-bond donors (Lipinski definition) is 1. The van der Waals surface area contributed by atoms with Gasteiger partial charge in [0, 0.05) is 7.11 Å². The van der Waals surface area contributed by atoms with Gasteiger partial charge in [0.05, 0.1) is 6.61 Å². The highest BCUT2D eigenvalue weighted by molar-refractivity contribution is 5.79. The van der Waals surface area contributed by atoms with Crippen LogP contribution < -0.4 is 0 Å². The second kappa shape index (κ2) is 5.52. The van der Waals surface area contributed by atoms with Crippen molar-refractivity contribution in [1.29, 1.82) is 0 Å². The van der Waals surface area contributed by atoms with E-state index >= 15 is 0 Å². The lowest BCUT2D eigenvalue weighted by Gasteiger charge is -2.11. The first-order chi connectivity index (χ1) is 7.13. The Kier molecular flexibility index (Phi) is 4.32. The molecular formula is C8H12O7. The van der Waals surface area contributed by atoms with E-state index in [1.807, 2.05) is 0 Å². The Morgan fingerprint density at radius 2 is 2.40 bits per heavy atom. The topological polar surface area (TPSA) is 91.3 Å². The van der Waals surface area contributed by atoms with Gasteiger partial charge in [-0.05, 0) is 0 Å². The maximum Gasteiger partial charge on any atom is 0.509 e. The number of aliphatic hydroxyl groups is 1. The maximum absolute atomic E-state index is 11.2. The van der Waals surface area contributed by atoms with Gasteiger partial charge in [-0.15, -0.1) is 0 Å². The van der Waals surface area contributed by atoms with Crippen LogP contribution in [0.5, 0.6) is 0 Å². The van der Waals surface area contributed by atoms with E-state index in [-0.39, 0.29) is 19.8 Å². The number of cyclic esters (lactones) is 2. The Hall–Kier alpha value is -1.34. The van der Waals surface area contributed by atoms with E-state index in [0.29, 0.717) is 0 Å². The van der Waals surface area contributed by atoms with Crippen molar-refractivity contribution in [3.63, 3.8) is 0 Å². The highest BCUT2D eigenvalue weighted by Gasteiger charge is 2.33. The first-order valence-corrected chi connectivity index (χ1v) is 4.30. The van der Waals surface area contributed by atoms with Crippen molar-refractivity contribution in [2.45, 2.75) is 12.2 Å². The van der Waals surface area contributed by atoms with Crippen LogP contribution in [-0.2, 0) is 23.7 Å². The van der Waals surface area contributed by atoms with Crippen molar-refractivity contribution in [2.24, 2.45) is 0 Å². The quantitative estimate of drug-likeness (QED) is 0.598. The molecular weight excluding hydrogens is 208 g/mol. The van der Waals surface area contributed by atoms with Crippen LogP contribution >= 0.6 is 0 Å². The highest BCUT2D eigenvalue weighted by atomic mass is 16.8. The number of methoxy groups -OCH3 is 1. The molecule has 7 heteroatoms. The van der Waals surface area contributed by atoms with Gasteiger partial charge in [-0.2, -0.15) is 0 Å². The van der Waals surface area contributed by atoms with Crippen LogP contribution in [0.4, 0.5) is 4.79 Å². The fraction of sp³-hybridized carbons (Fsp3) is 0.750. The lowest BCUT2D eigenvalue weighted by Crippen LogP contribution is -2.30. The van der Waals surface area contributed by atoms with Gasteiger partial charge in [0.15, 0.2) is 0 Å². The first kappa shape index (κ1) is 11.7. The summed E-state index contributed by atoms with van der Waals surface area (Å²) in [6.07, 6.45) is -2.82. The Morgan fingerprint density at radius 1 is 1.67 bits per heavy atom. The van der Waals surface area contributed by atoms with Crippen molar-refractivity contribution < 1.29 is 33.6 Å². The third kappa shape index (κ3) is 3.72. The van der Waals surface area contributed by atoms with Gasteiger partial charge in [-0.25, -0.2) is 9.59 Å². The second-order valence-electron chi connectivity index (χ2n) is 2.91. The molecule has 0 spiro atoms. The standard InChI is InChI=1S/C8H12O7/c1-12-2-5(9)3-13-7(10)6-4-14-8(11)15-6/h5-6,9H,2-4H2,1H3. The van der Waals surface area contributed by atoms with Gasteiger partial charge < -0.3 is 24.1 Å². The molecule has 15 heavy (non-hydrogen) atoms. The van der Waals surface area contributed by atoms with Gasteiger partial charge in [0.1, 0.15) is 19.3 Å². The minimum absolute atomic E-state index is 0.0637. The van der Waals surface area contributed by atoms with Crippen LogP contribution in [0.15, 0.2) is 0 Å². The number of carbonyl (C=O) groups excluding carboxylic acids is 2. The van der Waals surface area contributed by atoms with Crippen LogP contribution in [0.2, 0.25) is 0 Å². The van der Waals surface area contributed by atoms with Crippen molar-refractivity contribution >= 4 is 12.1 Å². The number of esters is 1. The lowest BCUT2D eigenvalue weighted by atomic mass is 10.4. The molecule has 1 fully saturated rings. The van der Waals surface area contributed by atoms with E-state index in [0.717, 1.165) is 0 Å². The monoisotopic (exact) mass is 220 g/mol. The molecule has 1 heterocycles. The van der Waals surface area contributed by atoms with Gasteiger partial charge in [-0.1, -0.05) is 0 Å². The molecule has 0 aromatic heterocycles. The summed E-state index contributed by atoms with van der Waals surface area (Å²) in [6.45, 7) is -0.299. The average Bonchev–Trinajstić information content (AvgIpc) is 2.62. The SMILES string of the molecule is COCC(O)COC(=O)C1COC(=O)O1. The fourth-order valence-electron chi connectivity index (χ4n) is 0.956. The Labute approximate surface area is 85.9 Å². The van der Waals surface area contributed by atoms with E-state index in [4.69, 9.17) is 5.11 Å². The molecule has 0 amide bonds. The number of carbonyl (C=O) groups is 2. The van der Waals surface area contributed by atoms with Gasteiger partial charge in [-0.3, -0.25) is 0 Å². The molecule has 86 valence electrons. The van der Waals surface area contributed by atoms with Gasteiger partial charge in [0.25, 0.3) is 0 Å². The Morgan fingerprint density at radius 3 is 2.93 bits per heavy atom. The number of rotatable bonds is 5. The zero-order valence-electron chi connectivity index (χ0n) is 8.17. The smallest absolute Gasteiger partial charge is 0.460 e. The van der Waals surface area contributed by atoms with Crippen LogP contribution in [0.25, 0.3) is 0 Å². The summed E-state index contributed by atoms with van der Waals surface area (Å²) in [6, 6.07) is 0. The van der Waals surface area contributed by atoms with Gasteiger partial charge in [0.2, 0.25) is 6.10 Å². The normalized spacial score (nSPS) is 21.7. The highest BCUT2D eigenvalue weighted by Crippen LogP contribution is 2.07. The summed E-state index contributed by atoms with van der Waals surface area (Å²) in [7, 11) is 1.41. The molecule has 1 saturated heterocycles. The van der Waals surface area contributed by atoms with E-state index in [1.54, 1.807) is 0 Å². The molecule has 2 atom stereocenters. The Balaban J connectivity index is 2.21. The molecule has 0 aliphatic carbocycles. The van der Waals surface area contributed by atoms with E-state index in [1.165, 1.54) is 7.11 Å². The second-order valence-corrected chi connectivity index (χ2v) is 2.91. The molecule has 7 nitrogen and oxygen atoms in total. The molecule has 0 radical (unpaired) electrons. The van der Waals surface area contributed by atoms with Gasteiger partial charge >= 0.3 is 12.1 Å². The predicted octanol–water partition coefficient (Wildman–Crippen LogP) is -0.928. The molecule has 0 aromatic rings. The molecule has 1 aliphatic heterocycles. The molecule has 2 unspecified atom stereocenters. The first-order valence-electron chi connectivity index (χ1n) is 4.30. The molecule has 0 aromatic carbocycles. The number of ether oxygens (including phenoxy) is 4. The molecule has 1 N–H and O–H groups in total. The minimum atomic E-state index is -1.03. The molecule has 1 rings (SSSR count). The molecule has 0 bridgehead atoms. The van der Waals surface area contributed by atoms with Crippen LogP contribution in [-0.4, -0.2) is 56.4 Å². The van der Waals surface area contributed by atoms with Crippen molar-refractivity contribution in [3.05, 3.63) is 0 Å². The fourth-order valence-corrected chi connectivity index (χ4v) is 0.956. The average molecular weight is 220 g/mol. The van der Waals surface area contributed by atoms with Crippen molar-refractivity contribution in [3.8, 4) is 0 Å². The minimum Gasteiger partial charge on any atom is -0.460 e. The van der Waals surface area contributed by atoms with E-state index < -0.39 is 24.3 Å². The van der Waals surface area contributed by atoms with Crippen LogP contribution in [0.1, 0.15) is 0 Å². The van der Waals surface area contributed by atoms with Crippen molar-refractivity contribution in [1.82, 2.24) is 0 Å². The van der Waals surface area contributed by atoms with E-state index in [9.17, 15) is 9.59 Å². The number of hydrogen-bond acceptors (Lipinski definition) is 7. The summed E-state index contributed by atoms with van der Waals surface area (Å²) < 4.78 is 18.1. The summed E-state index contributed by atoms with van der Waals surface area (Å²) >= 11 is 0. The van der Waals surface area contributed by atoms with Crippen LogP contribution in [0.3, 0.4) is 0 Å². The summed E-state index contributed by atoms with van der Waals surface area (Å²) in [5.74, 6) is -0.740. The van der Waals surface area contributed by atoms with Crippen molar-refractivity contribution in [2.75, 3.05) is 26.9 Å². The summed E-state index contributed by atoms with van der Waals surface area (Å²) in [5, 5.41) is 9.15. The summed E-state index contributed by atoms with van der Waals surface area (Å²) in [5.41, 5.74) is 0. The predicted molar refractivity (Wildman–Crippen MR) is 45.1 cm³/mol. The zero-order chi connectivity index (χ0) is 11.3. The third-order valence-electron chi connectivity index (χ3n) is 1.63. The molecule has 0 saturated carbocycles. The largest absolute Gasteiger partial charge is 0.509 e. The third-order valence-corrected chi connectivity index (χ3v) is 1.63. The number of aliphatic hydroxyl groups excluding tert-OH is 1. The van der Waals surface area contributed by atoms with E-state index in [2.05, 4.69) is 18.9 Å². The maximum atomic E-state index is 11.2. The Bertz CT molecular complexity index is 239.